The Kier molecular flexibility index (Phi) is 3.64. The fourth-order valence-electron chi connectivity index (χ4n) is 2.44. The topological polar surface area (TPSA) is 12.0 Å². The predicted octanol–water partition coefficient (Wildman–Crippen LogP) is 5.65. The van der Waals surface area contributed by atoms with Crippen LogP contribution in [0.25, 0.3) is 0 Å². The highest BCUT2D eigenvalue weighted by Crippen LogP contribution is 2.38. The summed E-state index contributed by atoms with van der Waals surface area (Å²) < 4.78 is 0.953. The minimum atomic E-state index is 0.412. The van der Waals surface area contributed by atoms with E-state index < -0.39 is 0 Å². The zero-order chi connectivity index (χ0) is 12.5. The number of rotatable bonds is 2. The summed E-state index contributed by atoms with van der Waals surface area (Å²) in [6.45, 7) is 0. The second kappa shape index (κ2) is 5.24. The molecular weight excluding hydrogens is 330 g/mol. The SMILES string of the molecule is Clc1cccc(NC2CCCc3sccc32)c1Br. The van der Waals surface area contributed by atoms with Gasteiger partial charge in [-0.1, -0.05) is 17.7 Å². The number of anilines is 1. The molecule has 1 heterocycles. The molecule has 2 aromatic rings. The quantitative estimate of drug-likeness (QED) is 0.743. The maximum atomic E-state index is 6.13. The Bertz CT molecular complexity index is 567. The van der Waals surface area contributed by atoms with Gasteiger partial charge in [-0.15, -0.1) is 11.3 Å². The Morgan fingerprint density at radius 1 is 1.33 bits per heavy atom. The van der Waals surface area contributed by atoms with Crippen molar-refractivity contribution in [3.63, 3.8) is 0 Å². The molecule has 0 saturated carbocycles. The first kappa shape index (κ1) is 12.5. The molecule has 1 N–H and O–H groups in total. The van der Waals surface area contributed by atoms with Crippen molar-refractivity contribution in [2.75, 3.05) is 5.32 Å². The van der Waals surface area contributed by atoms with Gasteiger partial charge >= 0.3 is 0 Å². The second-order valence-corrected chi connectivity index (χ2v) is 6.69. The number of benzene rings is 1. The molecule has 0 amide bonds. The predicted molar refractivity (Wildman–Crippen MR) is 82.8 cm³/mol. The summed E-state index contributed by atoms with van der Waals surface area (Å²) in [5.41, 5.74) is 2.53. The standard InChI is InChI=1S/C14H13BrClNS/c15-14-10(16)3-1-5-12(14)17-11-4-2-6-13-9(11)7-8-18-13/h1,3,5,7-8,11,17H,2,4,6H2. The van der Waals surface area contributed by atoms with Crippen LogP contribution in [0.2, 0.25) is 5.02 Å². The average molecular weight is 343 g/mol. The summed E-state index contributed by atoms with van der Waals surface area (Å²) >= 11 is 11.5. The van der Waals surface area contributed by atoms with E-state index in [0.717, 1.165) is 15.2 Å². The van der Waals surface area contributed by atoms with E-state index in [0.29, 0.717) is 6.04 Å². The average Bonchev–Trinajstić information content (AvgIpc) is 2.84. The number of hydrogen-bond donors (Lipinski definition) is 1. The summed E-state index contributed by atoms with van der Waals surface area (Å²) in [5, 5.41) is 6.55. The van der Waals surface area contributed by atoms with Crippen LogP contribution >= 0.6 is 38.9 Å². The van der Waals surface area contributed by atoms with Gasteiger partial charge in [0.15, 0.2) is 0 Å². The Labute approximate surface area is 124 Å². The van der Waals surface area contributed by atoms with Crippen LogP contribution in [-0.2, 0) is 6.42 Å². The van der Waals surface area contributed by atoms with Crippen molar-refractivity contribution in [3.8, 4) is 0 Å². The van der Waals surface area contributed by atoms with Crippen LogP contribution in [0.4, 0.5) is 5.69 Å². The normalized spacial score (nSPS) is 18.4. The second-order valence-electron chi connectivity index (χ2n) is 4.49. The first-order chi connectivity index (χ1) is 8.75. The van der Waals surface area contributed by atoms with Crippen molar-refractivity contribution < 1.29 is 0 Å². The third-order valence-electron chi connectivity index (χ3n) is 3.33. The van der Waals surface area contributed by atoms with Crippen molar-refractivity contribution in [3.05, 3.63) is 49.6 Å². The monoisotopic (exact) mass is 341 g/mol. The molecule has 1 aliphatic rings. The van der Waals surface area contributed by atoms with Gasteiger partial charge in [0.1, 0.15) is 0 Å². The molecule has 1 aromatic heterocycles. The summed E-state index contributed by atoms with van der Waals surface area (Å²) in [5.74, 6) is 0. The Balaban J connectivity index is 1.88. The van der Waals surface area contributed by atoms with E-state index in [9.17, 15) is 0 Å². The molecule has 0 bridgehead atoms. The van der Waals surface area contributed by atoms with Gasteiger partial charge in [0.05, 0.1) is 21.2 Å². The van der Waals surface area contributed by atoms with E-state index in [4.69, 9.17) is 11.6 Å². The number of halogens is 2. The zero-order valence-corrected chi connectivity index (χ0v) is 12.9. The van der Waals surface area contributed by atoms with Gasteiger partial charge in [-0.2, -0.15) is 0 Å². The third-order valence-corrected chi connectivity index (χ3v) is 5.73. The maximum absolute atomic E-state index is 6.13. The highest BCUT2D eigenvalue weighted by molar-refractivity contribution is 9.10. The number of hydrogen-bond acceptors (Lipinski definition) is 2. The minimum Gasteiger partial charge on any atom is -0.377 e. The maximum Gasteiger partial charge on any atom is 0.0593 e. The molecule has 94 valence electrons. The fourth-order valence-corrected chi connectivity index (χ4v) is 3.98. The van der Waals surface area contributed by atoms with Crippen LogP contribution < -0.4 is 5.32 Å². The highest BCUT2D eigenvalue weighted by Gasteiger charge is 2.21. The van der Waals surface area contributed by atoms with Crippen LogP contribution in [0.3, 0.4) is 0 Å². The van der Waals surface area contributed by atoms with Gasteiger partial charge in [-0.05, 0) is 64.3 Å². The third kappa shape index (κ3) is 2.31. The number of aryl methyl sites for hydroxylation is 1. The van der Waals surface area contributed by atoms with Crippen molar-refractivity contribution in [1.29, 1.82) is 0 Å². The first-order valence-corrected chi connectivity index (χ1v) is 8.07. The van der Waals surface area contributed by atoms with E-state index in [2.05, 4.69) is 38.8 Å². The van der Waals surface area contributed by atoms with Gasteiger partial charge in [-0.25, -0.2) is 0 Å². The molecule has 0 aliphatic heterocycles. The van der Waals surface area contributed by atoms with Crippen LogP contribution in [0.1, 0.15) is 29.3 Å². The largest absolute Gasteiger partial charge is 0.377 e. The molecule has 0 fully saturated rings. The Morgan fingerprint density at radius 2 is 2.22 bits per heavy atom. The molecule has 0 spiro atoms. The van der Waals surface area contributed by atoms with Gasteiger partial charge in [0, 0.05) is 4.88 Å². The Morgan fingerprint density at radius 3 is 3.11 bits per heavy atom. The Hall–Kier alpha value is -0.510. The van der Waals surface area contributed by atoms with Gasteiger partial charge < -0.3 is 5.32 Å². The summed E-state index contributed by atoms with van der Waals surface area (Å²) in [6, 6.07) is 8.60. The van der Waals surface area contributed by atoms with E-state index in [-0.39, 0.29) is 0 Å². The molecule has 1 unspecified atom stereocenters. The lowest BCUT2D eigenvalue weighted by atomic mass is 9.94. The fraction of sp³-hybridized carbons (Fsp3) is 0.286. The van der Waals surface area contributed by atoms with E-state index in [1.54, 1.807) is 0 Å². The molecular formula is C14H13BrClNS. The van der Waals surface area contributed by atoms with Crippen LogP contribution in [0.5, 0.6) is 0 Å². The van der Waals surface area contributed by atoms with Crippen LogP contribution in [0.15, 0.2) is 34.1 Å². The van der Waals surface area contributed by atoms with Crippen molar-refractivity contribution >= 4 is 44.6 Å². The van der Waals surface area contributed by atoms with E-state index in [1.807, 2.05) is 23.5 Å². The van der Waals surface area contributed by atoms with Crippen molar-refractivity contribution in [2.45, 2.75) is 25.3 Å². The number of thiophene rings is 1. The highest BCUT2D eigenvalue weighted by atomic mass is 79.9. The van der Waals surface area contributed by atoms with Gasteiger partial charge in [0.25, 0.3) is 0 Å². The van der Waals surface area contributed by atoms with Gasteiger partial charge in [0.2, 0.25) is 0 Å². The summed E-state index contributed by atoms with van der Waals surface area (Å²) in [4.78, 5) is 1.52. The molecule has 1 aliphatic carbocycles. The summed E-state index contributed by atoms with van der Waals surface area (Å²) in [6.07, 6.45) is 3.66. The lowest BCUT2D eigenvalue weighted by Gasteiger charge is -2.25. The molecule has 0 saturated heterocycles. The van der Waals surface area contributed by atoms with E-state index in [1.165, 1.54) is 29.7 Å². The molecule has 0 radical (unpaired) electrons. The van der Waals surface area contributed by atoms with Crippen LogP contribution in [0, 0.1) is 0 Å². The zero-order valence-electron chi connectivity index (χ0n) is 9.75. The molecule has 1 aromatic carbocycles. The van der Waals surface area contributed by atoms with Crippen LogP contribution in [-0.4, -0.2) is 0 Å². The number of nitrogens with one attached hydrogen (secondary N) is 1. The molecule has 18 heavy (non-hydrogen) atoms. The lowest BCUT2D eigenvalue weighted by Crippen LogP contribution is -2.15. The van der Waals surface area contributed by atoms with Crippen molar-refractivity contribution in [2.24, 2.45) is 0 Å². The smallest absolute Gasteiger partial charge is 0.0593 e. The molecule has 4 heteroatoms. The number of fused-ring (bicyclic) bond motifs is 1. The minimum absolute atomic E-state index is 0.412. The molecule has 1 nitrogen and oxygen atoms in total. The lowest BCUT2D eigenvalue weighted by molar-refractivity contribution is 0.608. The molecule has 1 atom stereocenters. The summed E-state index contributed by atoms with van der Waals surface area (Å²) in [7, 11) is 0. The van der Waals surface area contributed by atoms with Gasteiger partial charge in [-0.3, -0.25) is 0 Å². The van der Waals surface area contributed by atoms with E-state index >= 15 is 0 Å². The van der Waals surface area contributed by atoms with Crippen molar-refractivity contribution in [1.82, 2.24) is 0 Å². The first-order valence-electron chi connectivity index (χ1n) is 6.02. The molecule has 3 rings (SSSR count).